The fraction of sp³-hybridized carbons (Fsp3) is 0.158. The van der Waals surface area contributed by atoms with Gasteiger partial charge < -0.3 is 15.2 Å². The summed E-state index contributed by atoms with van der Waals surface area (Å²) in [5, 5.41) is 1.18. The molecule has 1 amide bonds. The number of carbonyl (C=O) groups is 1. The molecular weight excluding hydrogens is 300 g/mol. The summed E-state index contributed by atoms with van der Waals surface area (Å²) in [5.74, 6) is 0.406. The van der Waals surface area contributed by atoms with Gasteiger partial charge >= 0.3 is 0 Å². The van der Waals surface area contributed by atoms with E-state index in [-0.39, 0.29) is 5.91 Å². The number of anilines is 1. The zero-order chi connectivity index (χ0) is 17.1. The van der Waals surface area contributed by atoms with Crippen LogP contribution >= 0.6 is 0 Å². The minimum absolute atomic E-state index is 0.0583. The summed E-state index contributed by atoms with van der Waals surface area (Å²) in [6, 6.07) is 13.9. The minimum Gasteiger partial charge on any atom is -0.384 e. The van der Waals surface area contributed by atoms with Gasteiger partial charge in [0.05, 0.1) is 6.54 Å². The average Bonchev–Trinajstić information content (AvgIpc) is 2.90. The van der Waals surface area contributed by atoms with Crippen LogP contribution in [0.15, 0.2) is 54.7 Å². The normalized spacial score (nSPS) is 11.2. The molecular formula is C19H20N4O. The summed E-state index contributed by atoms with van der Waals surface area (Å²) in [6.07, 6.45) is 4.94. The Labute approximate surface area is 141 Å². The molecule has 3 rings (SSSR count). The Morgan fingerprint density at radius 2 is 2.08 bits per heavy atom. The zero-order valence-corrected chi connectivity index (χ0v) is 13.8. The number of rotatable bonds is 4. The number of fused-ring (bicyclic) bond motifs is 1. The molecule has 0 fully saturated rings. The fourth-order valence-electron chi connectivity index (χ4n) is 2.63. The number of amides is 1. The first-order chi connectivity index (χ1) is 11.5. The van der Waals surface area contributed by atoms with E-state index in [9.17, 15) is 4.79 Å². The van der Waals surface area contributed by atoms with Crippen molar-refractivity contribution in [1.29, 1.82) is 0 Å². The van der Waals surface area contributed by atoms with E-state index in [1.807, 2.05) is 25.2 Å². The van der Waals surface area contributed by atoms with Gasteiger partial charge in [0.25, 0.3) is 0 Å². The molecule has 5 heteroatoms. The van der Waals surface area contributed by atoms with Crippen molar-refractivity contribution in [1.82, 2.24) is 14.5 Å². The van der Waals surface area contributed by atoms with E-state index in [0.717, 1.165) is 16.8 Å². The molecule has 1 aromatic carbocycles. The van der Waals surface area contributed by atoms with Crippen LogP contribution in [0.3, 0.4) is 0 Å². The van der Waals surface area contributed by atoms with Gasteiger partial charge in [-0.05, 0) is 41.3 Å². The lowest BCUT2D eigenvalue weighted by molar-refractivity contribution is -0.125. The van der Waals surface area contributed by atoms with Gasteiger partial charge in [0.15, 0.2) is 0 Å². The third-order valence-corrected chi connectivity index (χ3v) is 4.05. The highest BCUT2D eigenvalue weighted by molar-refractivity contribution is 5.91. The van der Waals surface area contributed by atoms with Crippen molar-refractivity contribution in [3.63, 3.8) is 0 Å². The number of nitrogen functional groups attached to an aromatic ring is 1. The predicted molar refractivity (Wildman–Crippen MR) is 97.1 cm³/mol. The quantitative estimate of drug-likeness (QED) is 0.752. The standard InChI is InChI=1S/C19H20N4O/c1-22(19(24)10-8-14-7-9-18(20)21-12-14)13-16-11-15-5-3-4-6-17(15)23(16)2/h3-12H,13H2,1-2H3,(H2,20,21). The number of nitrogens with two attached hydrogens (primary N) is 1. The highest BCUT2D eigenvalue weighted by Gasteiger charge is 2.10. The van der Waals surface area contributed by atoms with E-state index in [1.54, 1.807) is 36.4 Å². The first-order valence-electron chi connectivity index (χ1n) is 7.72. The smallest absolute Gasteiger partial charge is 0.246 e. The van der Waals surface area contributed by atoms with Gasteiger partial charge in [-0.3, -0.25) is 4.79 Å². The second kappa shape index (κ2) is 6.58. The van der Waals surface area contributed by atoms with Crippen molar-refractivity contribution in [2.24, 2.45) is 7.05 Å². The number of aryl methyl sites for hydroxylation is 1. The van der Waals surface area contributed by atoms with Crippen LogP contribution in [0, 0.1) is 0 Å². The summed E-state index contributed by atoms with van der Waals surface area (Å²) in [5.41, 5.74) is 8.65. The van der Waals surface area contributed by atoms with Gasteiger partial charge in [0, 0.05) is 37.6 Å². The fourth-order valence-corrected chi connectivity index (χ4v) is 2.63. The molecule has 0 aliphatic heterocycles. The van der Waals surface area contributed by atoms with Crippen LogP contribution in [-0.2, 0) is 18.4 Å². The largest absolute Gasteiger partial charge is 0.384 e. The molecule has 0 radical (unpaired) electrons. The maximum Gasteiger partial charge on any atom is 0.246 e. The van der Waals surface area contributed by atoms with E-state index < -0.39 is 0 Å². The Morgan fingerprint density at radius 3 is 2.79 bits per heavy atom. The third kappa shape index (κ3) is 3.30. The Kier molecular flexibility index (Phi) is 4.33. The van der Waals surface area contributed by atoms with Gasteiger partial charge in [-0.25, -0.2) is 4.98 Å². The topological polar surface area (TPSA) is 64.2 Å². The van der Waals surface area contributed by atoms with E-state index >= 15 is 0 Å². The summed E-state index contributed by atoms with van der Waals surface area (Å²) in [7, 11) is 3.82. The van der Waals surface area contributed by atoms with Crippen LogP contribution in [0.2, 0.25) is 0 Å². The zero-order valence-electron chi connectivity index (χ0n) is 13.8. The van der Waals surface area contributed by atoms with Gasteiger partial charge in [-0.15, -0.1) is 0 Å². The van der Waals surface area contributed by atoms with Crippen molar-refractivity contribution >= 4 is 28.7 Å². The van der Waals surface area contributed by atoms with E-state index in [0.29, 0.717) is 12.4 Å². The molecule has 0 aliphatic rings. The van der Waals surface area contributed by atoms with Crippen molar-refractivity contribution in [3.05, 3.63) is 66.0 Å². The van der Waals surface area contributed by atoms with Crippen LogP contribution in [-0.4, -0.2) is 27.4 Å². The number of aromatic nitrogens is 2. The molecule has 0 unspecified atom stereocenters. The highest BCUT2D eigenvalue weighted by Crippen LogP contribution is 2.19. The van der Waals surface area contributed by atoms with Crippen LogP contribution in [0.25, 0.3) is 17.0 Å². The monoisotopic (exact) mass is 320 g/mol. The number of hydrogen-bond acceptors (Lipinski definition) is 3. The third-order valence-electron chi connectivity index (χ3n) is 4.05. The molecule has 0 aliphatic carbocycles. The molecule has 0 saturated heterocycles. The van der Waals surface area contributed by atoms with Gasteiger partial charge in [0.2, 0.25) is 5.91 Å². The van der Waals surface area contributed by atoms with Crippen molar-refractivity contribution in [2.75, 3.05) is 12.8 Å². The Morgan fingerprint density at radius 1 is 1.29 bits per heavy atom. The highest BCUT2D eigenvalue weighted by atomic mass is 16.2. The molecule has 0 saturated carbocycles. The predicted octanol–water partition coefficient (Wildman–Crippen LogP) is 2.83. The number of hydrogen-bond donors (Lipinski definition) is 1. The van der Waals surface area contributed by atoms with Crippen LogP contribution in [0.4, 0.5) is 5.82 Å². The summed E-state index contributed by atoms with van der Waals surface area (Å²) in [6.45, 7) is 0.550. The van der Waals surface area contributed by atoms with Crippen molar-refractivity contribution < 1.29 is 4.79 Å². The van der Waals surface area contributed by atoms with E-state index in [4.69, 9.17) is 5.73 Å². The molecule has 122 valence electrons. The van der Waals surface area contributed by atoms with Crippen LogP contribution < -0.4 is 5.73 Å². The Balaban J connectivity index is 1.71. The maximum absolute atomic E-state index is 12.3. The van der Waals surface area contributed by atoms with Gasteiger partial charge in [-0.1, -0.05) is 18.2 Å². The number of pyridine rings is 1. The molecule has 5 nitrogen and oxygen atoms in total. The summed E-state index contributed by atoms with van der Waals surface area (Å²) in [4.78, 5) is 18.0. The van der Waals surface area contributed by atoms with Crippen LogP contribution in [0.1, 0.15) is 11.3 Å². The molecule has 2 heterocycles. The van der Waals surface area contributed by atoms with Gasteiger partial charge in [0.1, 0.15) is 5.82 Å². The number of likely N-dealkylation sites (N-methyl/N-ethyl adjacent to an activating group) is 1. The first kappa shape index (κ1) is 15.8. The maximum atomic E-state index is 12.3. The summed E-state index contributed by atoms with van der Waals surface area (Å²) >= 11 is 0. The second-order valence-corrected chi connectivity index (χ2v) is 5.80. The Hall–Kier alpha value is -3.08. The SMILES string of the molecule is CN(Cc1cc2ccccc2n1C)C(=O)C=Cc1ccc(N)nc1. The minimum atomic E-state index is -0.0583. The molecule has 0 spiro atoms. The number of nitrogens with zero attached hydrogens (tertiary/aromatic N) is 3. The lowest BCUT2D eigenvalue weighted by atomic mass is 10.2. The van der Waals surface area contributed by atoms with Crippen LogP contribution in [0.5, 0.6) is 0 Å². The molecule has 2 aromatic heterocycles. The number of carbonyl (C=O) groups excluding carboxylic acids is 1. The second-order valence-electron chi connectivity index (χ2n) is 5.80. The van der Waals surface area contributed by atoms with E-state index in [2.05, 4.69) is 27.8 Å². The van der Waals surface area contributed by atoms with E-state index in [1.165, 1.54) is 5.39 Å². The van der Waals surface area contributed by atoms with Crippen molar-refractivity contribution in [3.8, 4) is 0 Å². The van der Waals surface area contributed by atoms with Gasteiger partial charge in [-0.2, -0.15) is 0 Å². The summed E-state index contributed by atoms with van der Waals surface area (Å²) < 4.78 is 2.12. The lowest BCUT2D eigenvalue weighted by Crippen LogP contribution is -2.25. The number of para-hydroxylation sites is 1. The molecule has 0 atom stereocenters. The Bertz CT molecular complexity index is 893. The average molecular weight is 320 g/mol. The lowest BCUT2D eigenvalue weighted by Gasteiger charge is -2.15. The number of benzene rings is 1. The molecule has 24 heavy (non-hydrogen) atoms. The molecule has 3 aromatic rings. The molecule has 0 bridgehead atoms. The van der Waals surface area contributed by atoms with Crippen molar-refractivity contribution in [2.45, 2.75) is 6.54 Å². The molecule has 2 N–H and O–H groups in total. The first-order valence-corrected chi connectivity index (χ1v) is 7.72.